The van der Waals surface area contributed by atoms with Crippen LogP contribution in [0.2, 0.25) is 0 Å². The zero-order valence-electron chi connectivity index (χ0n) is 17.5. The second-order valence-corrected chi connectivity index (χ2v) is 8.67. The van der Waals surface area contributed by atoms with Crippen LogP contribution in [0.3, 0.4) is 0 Å². The van der Waals surface area contributed by atoms with Crippen LogP contribution in [0.4, 0.5) is 0 Å². The van der Waals surface area contributed by atoms with Crippen molar-refractivity contribution in [2.24, 2.45) is 5.92 Å². The third-order valence-electron chi connectivity index (χ3n) is 5.38. The fourth-order valence-electron chi connectivity index (χ4n) is 3.69. The van der Waals surface area contributed by atoms with Crippen LogP contribution in [0.25, 0.3) is 0 Å². The van der Waals surface area contributed by atoms with E-state index in [1.807, 2.05) is 59.5 Å². The van der Waals surface area contributed by atoms with Crippen molar-refractivity contribution in [3.05, 3.63) is 60.2 Å². The van der Waals surface area contributed by atoms with Gasteiger partial charge in [-0.15, -0.1) is 11.8 Å². The lowest BCUT2D eigenvalue weighted by Crippen LogP contribution is -2.41. The number of piperidine rings is 1. The molecule has 0 bridgehead atoms. The number of amides is 2. The normalized spacial score (nSPS) is 16.2. The Balaban J connectivity index is 1.37. The van der Waals surface area contributed by atoms with Crippen molar-refractivity contribution in [1.29, 1.82) is 0 Å². The molecule has 0 spiro atoms. The van der Waals surface area contributed by atoms with Crippen LogP contribution in [0.15, 0.2) is 59.5 Å². The number of likely N-dealkylation sites (tertiary alicyclic amines) is 1. The van der Waals surface area contributed by atoms with E-state index in [1.54, 1.807) is 18.9 Å². The van der Waals surface area contributed by atoms with Crippen molar-refractivity contribution >= 4 is 23.6 Å². The quantitative estimate of drug-likeness (QED) is 0.613. The van der Waals surface area contributed by atoms with Crippen molar-refractivity contribution < 1.29 is 14.3 Å². The number of hydrogen-bond acceptors (Lipinski definition) is 4. The number of carbonyl (C=O) groups excluding carboxylic acids is 2. The van der Waals surface area contributed by atoms with Gasteiger partial charge in [0.05, 0.1) is 12.9 Å². The van der Waals surface area contributed by atoms with Crippen molar-refractivity contribution in [2.45, 2.75) is 37.1 Å². The monoisotopic (exact) mass is 426 g/mol. The molecular formula is C24H30N2O3S. The summed E-state index contributed by atoms with van der Waals surface area (Å²) in [6, 6.07) is 17.7. The molecule has 1 atom stereocenters. The van der Waals surface area contributed by atoms with Gasteiger partial charge in [0.1, 0.15) is 5.75 Å². The number of rotatable bonds is 9. The molecular weight excluding hydrogens is 396 g/mol. The molecule has 30 heavy (non-hydrogen) atoms. The van der Waals surface area contributed by atoms with Gasteiger partial charge in [-0.05, 0) is 55.0 Å². The number of nitrogens with zero attached hydrogens (tertiary/aromatic N) is 1. The lowest BCUT2D eigenvalue weighted by atomic mass is 9.93. The van der Waals surface area contributed by atoms with Crippen LogP contribution in [0, 0.1) is 5.92 Å². The SMILES string of the molecule is COc1cccc(CNC(=O)CC[C@H]2CCCN(C(=O)CSc3ccccc3)C2)c1. The Bertz CT molecular complexity index is 828. The molecule has 160 valence electrons. The zero-order valence-corrected chi connectivity index (χ0v) is 18.3. The molecule has 1 N–H and O–H groups in total. The lowest BCUT2D eigenvalue weighted by molar-refractivity contribution is -0.130. The summed E-state index contributed by atoms with van der Waals surface area (Å²) in [5.41, 5.74) is 1.02. The molecule has 5 nitrogen and oxygen atoms in total. The van der Waals surface area contributed by atoms with Gasteiger partial charge < -0.3 is 15.0 Å². The first-order chi connectivity index (χ1) is 14.6. The van der Waals surface area contributed by atoms with E-state index in [1.165, 1.54) is 0 Å². The Morgan fingerprint density at radius 3 is 2.80 bits per heavy atom. The van der Waals surface area contributed by atoms with Crippen molar-refractivity contribution in [3.63, 3.8) is 0 Å². The lowest BCUT2D eigenvalue weighted by Gasteiger charge is -2.32. The van der Waals surface area contributed by atoms with Gasteiger partial charge in [0.15, 0.2) is 0 Å². The fourth-order valence-corrected chi connectivity index (χ4v) is 4.51. The first-order valence-corrected chi connectivity index (χ1v) is 11.5. The molecule has 1 saturated heterocycles. The third kappa shape index (κ3) is 7.10. The first kappa shape index (κ1) is 22.2. The van der Waals surface area contributed by atoms with Crippen LogP contribution in [-0.2, 0) is 16.1 Å². The predicted octanol–water partition coefficient (Wildman–Crippen LogP) is 4.12. The van der Waals surface area contributed by atoms with Gasteiger partial charge in [-0.3, -0.25) is 9.59 Å². The topological polar surface area (TPSA) is 58.6 Å². The summed E-state index contributed by atoms with van der Waals surface area (Å²) in [5, 5.41) is 2.98. The Labute approximate surface area is 183 Å². The van der Waals surface area contributed by atoms with Gasteiger partial charge in [0.25, 0.3) is 0 Å². The molecule has 3 rings (SSSR count). The number of carbonyl (C=O) groups is 2. The number of nitrogens with one attached hydrogen (secondary N) is 1. The number of hydrogen-bond donors (Lipinski definition) is 1. The highest BCUT2D eigenvalue weighted by molar-refractivity contribution is 8.00. The summed E-state index contributed by atoms with van der Waals surface area (Å²) >= 11 is 1.58. The average Bonchev–Trinajstić information content (AvgIpc) is 2.81. The molecule has 2 amide bonds. The highest BCUT2D eigenvalue weighted by atomic mass is 32.2. The van der Waals surface area contributed by atoms with E-state index in [2.05, 4.69) is 5.32 Å². The van der Waals surface area contributed by atoms with Crippen LogP contribution in [0.1, 0.15) is 31.2 Å². The third-order valence-corrected chi connectivity index (χ3v) is 6.38. The molecule has 0 unspecified atom stereocenters. The van der Waals surface area contributed by atoms with E-state index in [-0.39, 0.29) is 11.8 Å². The molecule has 0 aromatic heterocycles. The van der Waals surface area contributed by atoms with Gasteiger partial charge in [0.2, 0.25) is 11.8 Å². The Hall–Kier alpha value is -2.47. The number of methoxy groups -OCH3 is 1. The molecule has 0 aliphatic carbocycles. The summed E-state index contributed by atoms with van der Waals surface area (Å²) < 4.78 is 5.21. The van der Waals surface area contributed by atoms with Crippen LogP contribution >= 0.6 is 11.8 Å². The van der Waals surface area contributed by atoms with E-state index < -0.39 is 0 Å². The summed E-state index contributed by atoms with van der Waals surface area (Å²) in [4.78, 5) is 27.9. The zero-order chi connectivity index (χ0) is 21.2. The maximum absolute atomic E-state index is 12.6. The minimum Gasteiger partial charge on any atom is -0.497 e. The first-order valence-electron chi connectivity index (χ1n) is 10.5. The largest absolute Gasteiger partial charge is 0.497 e. The molecule has 0 saturated carbocycles. The Morgan fingerprint density at radius 1 is 1.17 bits per heavy atom. The average molecular weight is 427 g/mol. The van der Waals surface area contributed by atoms with E-state index in [4.69, 9.17) is 4.74 Å². The molecule has 1 fully saturated rings. The molecule has 1 heterocycles. The molecule has 1 aliphatic rings. The predicted molar refractivity (Wildman–Crippen MR) is 121 cm³/mol. The van der Waals surface area contributed by atoms with Gasteiger partial charge in [0, 0.05) is 31.0 Å². The highest BCUT2D eigenvalue weighted by Gasteiger charge is 2.24. The minimum absolute atomic E-state index is 0.0564. The standard InChI is InChI=1S/C24H30N2O3S/c1-29-21-9-5-7-20(15-21)16-25-23(27)13-12-19-8-6-14-26(17-19)24(28)18-30-22-10-3-2-4-11-22/h2-5,7,9-11,15,19H,6,8,12-14,16-18H2,1H3,(H,25,27)/t19-/m1/s1. The maximum atomic E-state index is 12.6. The van der Waals surface area contributed by atoms with Crippen LogP contribution in [-0.4, -0.2) is 42.7 Å². The van der Waals surface area contributed by atoms with Gasteiger partial charge in [-0.25, -0.2) is 0 Å². The van der Waals surface area contributed by atoms with E-state index >= 15 is 0 Å². The number of thioether (sulfide) groups is 1. The van der Waals surface area contributed by atoms with E-state index in [0.29, 0.717) is 24.6 Å². The van der Waals surface area contributed by atoms with Crippen molar-refractivity contribution in [3.8, 4) is 5.75 Å². The maximum Gasteiger partial charge on any atom is 0.232 e. The van der Waals surface area contributed by atoms with Crippen LogP contribution < -0.4 is 10.1 Å². The summed E-state index contributed by atoms with van der Waals surface area (Å²) in [6.07, 6.45) is 3.41. The van der Waals surface area contributed by atoms with Gasteiger partial charge in [-0.2, -0.15) is 0 Å². The number of ether oxygens (including phenoxy) is 1. The summed E-state index contributed by atoms with van der Waals surface area (Å²) in [5.74, 6) is 1.90. The van der Waals surface area contributed by atoms with E-state index in [9.17, 15) is 9.59 Å². The molecule has 2 aromatic carbocycles. The van der Waals surface area contributed by atoms with Gasteiger partial charge in [-0.1, -0.05) is 30.3 Å². The second-order valence-electron chi connectivity index (χ2n) is 7.62. The second kappa shape index (κ2) is 11.6. The molecule has 6 heteroatoms. The molecule has 2 aromatic rings. The Morgan fingerprint density at radius 2 is 2.00 bits per heavy atom. The minimum atomic E-state index is 0.0564. The van der Waals surface area contributed by atoms with Crippen molar-refractivity contribution in [1.82, 2.24) is 10.2 Å². The highest BCUT2D eigenvalue weighted by Crippen LogP contribution is 2.23. The number of benzene rings is 2. The van der Waals surface area contributed by atoms with Crippen LogP contribution in [0.5, 0.6) is 5.75 Å². The summed E-state index contributed by atoms with van der Waals surface area (Å²) in [6.45, 7) is 2.09. The van der Waals surface area contributed by atoms with Gasteiger partial charge >= 0.3 is 0 Å². The smallest absolute Gasteiger partial charge is 0.232 e. The molecule has 0 radical (unpaired) electrons. The summed E-state index contributed by atoms with van der Waals surface area (Å²) in [7, 11) is 1.64. The van der Waals surface area contributed by atoms with E-state index in [0.717, 1.165) is 48.6 Å². The van der Waals surface area contributed by atoms with Crippen molar-refractivity contribution in [2.75, 3.05) is 26.0 Å². The fraction of sp³-hybridized carbons (Fsp3) is 0.417. The molecule has 1 aliphatic heterocycles. The Kier molecular flexibility index (Phi) is 8.63.